The van der Waals surface area contributed by atoms with Gasteiger partial charge < -0.3 is 5.32 Å². The Balaban J connectivity index is 1.79. The van der Waals surface area contributed by atoms with Gasteiger partial charge in [-0.3, -0.25) is 0 Å². The smallest absolute Gasteiger partial charge is 0.117 e. The molecule has 0 fully saturated rings. The van der Waals surface area contributed by atoms with E-state index in [0.717, 1.165) is 22.6 Å². The summed E-state index contributed by atoms with van der Waals surface area (Å²) in [7, 11) is 0. The molecular formula is C15H12Cl2N4. The maximum absolute atomic E-state index is 5.98. The lowest BCUT2D eigenvalue weighted by Gasteiger charge is -2.07. The number of benzene rings is 2. The highest BCUT2D eigenvalue weighted by Gasteiger charge is 2.09. The van der Waals surface area contributed by atoms with E-state index in [2.05, 4.69) is 20.7 Å². The number of rotatable bonds is 4. The van der Waals surface area contributed by atoms with E-state index < -0.39 is 0 Å². The number of aromatic amines is 1. The van der Waals surface area contributed by atoms with Crippen molar-refractivity contribution in [3.63, 3.8) is 0 Å². The zero-order chi connectivity index (χ0) is 14.7. The molecule has 0 bridgehead atoms. The third-order valence-corrected chi connectivity index (χ3v) is 3.43. The summed E-state index contributed by atoms with van der Waals surface area (Å²) in [5, 5.41) is 15.5. The Bertz CT molecular complexity index is 720. The van der Waals surface area contributed by atoms with Crippen LogP contribution in [0.25, 0.3) is 11.3 Å². The van der Waals surface area contributed by atoms with Gasteiger partial charge in [-0.25, -0.2) is 0 Å². The van der Waals surface area contributed by atoms with Crippen molar-refractivity contribution in [1.82, 2.24) is 15.4 Å². The number of H-pyrrole nitrogens is 1. The first kappa shape index (κ1) is 13.9. The van der Waals surface area contributed by atoms with Gasteiger partial charge in [0.15, 0.2) is 0 Å². The summed E-state index contributed by atoms with van der Waals surface area (Å²) in [5.74, 6) is 0. The summed E-state index contributed by atoms with van der Waals surface area (Å²) in [6, 6.07) is 15.2. The van der Waals surface area contributed by atoms with Crippen LogP contribution in [-0.4, -0.2) is 15.4 Å². The van der Waals surface area contributed by atoms with Gasteiger partial charge in [-0.2, -0.15) is 15.4 Å². The molecular weight excluding hydrogens is 307 g/mol. The molecule has 0 aliphatic heterocycles. The van der Waals surface area contributed by atoms with Crippen molar-refractivity contribution in [3.05, 3.63) is 64.3 Å². The molecule has 0 aliphatic rings. The Morgan fingerprint density at radius 2 is 1.67 bits per heavy atom. The van der Waals surface area contributed by atoms with Crippen LogP contribution in [0.4, 0.5) is 5.69 Å². The van der Waals surface area contributed by atoms with E-state index in [-0.39, 0.29) is 0 Å². The van der Waals surface area contributed by atoms with Crippen molar-refractivity contribution in [3.8, 4) is 11.3 Å². The molecule has 21 heavy (non-hydrogen) atoms. The van der Waals surface area contributed by atoms with Crippen molar-refractivity contribution in [2.75, 3.05) is 5.32 Å². The van der Waals surface area contributed by atoms with Crippen LogP contribution in [0, 0.1) is 0 Å². The van der Waals surface area contributed by atoms with E-state index in [9.17, 15) is 0 Å². The lowest BCUT2D eigenvalue weighted by Crippen LogP contribution is -2.01. The van der Waals surface area contributed by atoms with Crippen LogP contribution in [0.5, 0.6) is 0 Å². The molecule has 3 rings (SSSR count). The third kappa shape index (κ3) is 3.35. The second kappa shape index (κ2) is 6.16. The van der Waals surface area contributed by atoms with Crippen molar-refractivity contribution in [2.45, 2.75) is 6.54 Å². The molecule has 0 saturated carbocycles. The Labute approximate surface area is 132 Å². The van der Waals surface area contributed by atoms with Gasteiger partial charge in [0.1, 0.15) is 11.4 Å². The second-order valence-corrected chi connectivity index (χ2v) is 5.37. The summed E-state index contributed by atoms with van der Waals surface area (Å²) in [6.07, 6.45) is 0. The van der Waals surface area contributed by atoms with Crippen molar-refractivity contribution in [2.24, 2.45) is 0 Å². The molecule has 0 spiro atoms. The van der Waals surface area contributed by atoms with Crippen LogP contribution in [0.2, 0.25) is 10.0 Å². The molecule has 106 valence electrons. The first-order valence-corrected chi connectivity index (χ1v) is 7.13. The summed E-state index contributed by atoms with van der Waals surface area (Å²) < 4.78 is 0. The zero-order valence-corrected chi connectivity index (χ0v) is 12.5. The number of hydrogen-bond acceptors (Lipinski definition) is 3. The number of anilines is 1. The van der Waals surface area contributed by atoms with Crippen LogP contribution in [0.15, 0.2) is 48.5 Å². The molecule has 2 N–H and O–H groups in total. The fourth-order valence-corrected chi connectivity index (χ4v) is 2.57. The average Bonchev–Trinajstić information content (AvgIpc) is 2.93. The van der Waals surface area contributed by atoms with E-state index in [1.165, 1.54) is 0 Å². The monoisotopic (exact) mass is 318 g/mol. The number of nitrogens with zero attached hydrogens (tertiary/aromatic N) is 2. The minimum atomic E-state index is 0.525. The number of hydrogen-bond donors (Lipinski definition) is 2. The minimum absolute atomic E-state index is 0.525. The summed E-state index contributed by atoms with van der Waals surface area (Å²) >= 11 is 12.0. The number of aromatic nitrogens is 3. The summed E-state index contributed by atoms with van der Waals surface area (Å²) in [4.78, 5) is 0. The Morgan fingerprint density at radius 1 is 0.952 bits per heavy atom. The van der Waals surface area contributed by atoms with E-state index in [4.69, 9.17) is 23.2 Å². The van der Waals surface area contributed by atoms with Crippen LogP contribution < -0.4 is 5.32 Å². The first-order valence-electron chi connectivity index (χ1n) is 6.37. The molecule has 0 amide bonds. The van der Waals surface area contributed by atoms with Crippen LogP contribution in [-0.2, 0) is 6.54 Å². The van der Waals surface area contributed by atoms with Crippen LogP contribution in [0.3, 0.4) is 0 Å². The number of halogens is 2. The van der Waals surface area contributed by atoms with Gasteiger partial charge in [-0.1, -0.05) is 53.5 Å². The lowest BCUT2D eigenvalue weighted by atomic mass is 10.1. The highest BCUT2D eigenvalue weighted by molar-refractivity contribution is 6.35. The molecule has 6 heteroatoms. The predicted octanol–water partition coefficient (Wildman–Crippen LogP) is 4.39. The zero-order valence-electron chi connectivity index (χ0n) is 11.0. The van der Waals surface area contributed by atoms with Crippen LogP contribution >= 0.6 is 23.2 Å². The highest BCUT2D eigenvalue weighted by atomic mass is 35.5. The van der Waals surface area contributed by atoms with E-state index in [1.807, 2.05) is 42.5 Å². The fraction of sp³-hybridized carbons (Fsp3) is 0.0667. The standard InChI is InChI=1S/C15H12Cl2N4/c16-11-6-12(17)8-13(7-11)18-9-14-15(20-21-19-14)10-4-2-1-3-5-10/h1-8,18H,9H2,(H,19,20,21). The van der Waals surface area contributed by atoms with Crippen molar-refractivity contribution in [1.29, 1.82) is 0 Å². The van der Waals surface area contributed by atoms with Crippen molar-refractivity contribution < 1.29 is 0 Å². The Morgan fingerprint density at radius 3 is 2.38 bits per heavy atom. The average molecular weight is 319 g/mol. The molecule has 3 aromatic rings. The van der Waals surface area contributed by atoms with Crippen LogP contribution in [0.1, 0.15) is 5.69 Å². The summed E-state index contributed by atoms with van der Waals surface area (Å²) in [5.41, 5.74) is 3.52. The van der Waals surface area contributed by atoms with Gasteiger partial charge in [-0.15, -0.1) is 0 Å². The molecule has 4 nitrogen and oxygen atoms in total. The molecule has 0 aliphatic carbocycles. The third-order valence-electron chi connectivity index (χ3n) is 2.99. The maximum Gasteiger partial charge on any atom is 0.117 e. The molecule has 0 saturated heterocycles. The Hall–Kier alpha value is -2.04. The van der Waals surface area contributed by atoms with E-state index in [1.54, 1.807) is 6.07 Å². The lowest BCUT2D eigenvalue weighted by molar-refractivity contribution is 0.911. The van der Waals surface area contributed by atoms with Gasteiger partial charge >= 0.3 is 0 Å². The van der Waals surface area contributed by atoms with Gasteiger partial charge in [-0.05, 0) is 18.2 Å². The van der Waals surface area contributed by atoms with E-state index >= 15 is 0 Å². The molecule has 1 aromatic heterocycles. The molecule has 0 radical (unpaired) electrons. The van der Waals surface area contributed by atoms with Gasteiger partial charge in [0.2, 0.25) is 0 Å². The maximum atomic E-state index is 5.98. The summed E-state index contributed by atoms with van der Waals surface area (Å²) in [6.45, 7) is 0.525. The molecule has 0 unspecified atom stereocenters. The van der Waals surface area contributed by atoms with Gasteiger partial charge in [0.05, 0.1) is 6.54 Å². The van der Waals surface area contributed by atoms with Gasteiger partial charge in [0.25, 0.3) is 0 Å². The normalized spacial score (nSPS) is 10.6. The topological polar surface area (TPSA) is 53.6 Å². The second-order valence-electron chi connectivity index (χ2n) is 4.50. The van der Waals surface area contributed by atoms with E-state index in [0.29, 0.717) is 16.6 Å². The quantitative estimate of drug-likeness (QED) is 0.750. The minimum Gasteiger partial charge on any atom is -0.379 e. The SMILES string of the molecule is Clc1cc(Cl)cc(NCc2n[nH]nc2-c2ccccc2)c1. The molecule has 2 aromatic carbocycles. The van der Waals surface area contributed by atoms with Crippen molar-refractivity contribution >= 4 is 28.9 Å². The Kier molecular flexibility index (Phi) is 4.08. The fourth-order valence-electron chi connectivity index (χ4n) is 2.04. The number of nitrogens with one attached hydrogen (secondary N) is 2. The largest absolute Gasteiger partial charge is 0.379 e. The predicted molar refractivity (Wildman–Crippen MR) is 85.6 cm³/mol. The molecule has 1 heterocycles. The first-order chi connectivity index (χ1) is 10.2. The molecule has 0 atom stereocenters. The van der Waals surface area contributed by atoms with Gasteiger partial charge in [0, 0.05) is 21.3 Å². The highest BCUT2D eigenvalue weighted by Crippen LogP contribution is 2.24.